The minimum Gasteiger partial charge on any atom is -0.325 e. The maximum absolute atomic E-state index is 12.5. The molecule has 1 unspecified atom stereocenters. The van der Waals surface area contributed by atoms with E-state index >= 15 is 0 Å². The summed E-state index contributed by atoms with van der Waals surface area (Å²) in [6.07, 6.45) is -0.575. The van der Waals surface area contributed by atoms with Crippen LogP contribution in [-0.2, 0) is 11.0 Å². The Kier molecular flexibility index (Phi) is 4.53. The summed E-state index contributed by atoms with van der Waals surface area (Å²) in [6.45, 7) is 1.72. The summed E-state index contributed by atoms with van der Waals surface area (Å²) in [7, 11) is 0. The highest BCUT2D eigenvalue weighted by atomic mass is 32.2. The van der Waals surface area contributed by atoms with Gasteiger partial charge in [0.2, 0.25) is 5.91 Å². The number of hydrogen-bond donors (Lipinski definition) is 1. The summed E-state index contributed by atoms with van der Waals surface area (Å²) in [5, 5.41) is 10.7. The Bertz CT molecular complexity index is 725. The van der Waals surface area contributed by atoms with Crippen molar-refractivity contribution in [2.75, 3.05) is 5.32 Å². The van der Waals surface area contributed by atoms with Gasteiger partial charge in [-0.3, -0.25) is 4.79 Å². The highest BCUT2D eigenvalue weighted by Crippen LogP contribution is 2.38. The monoisotopic (exact) mass is 356 g/mol. The molecule has 1 aromatic heterocycles. The summed E-state index contributed by atoms with van der Waals surface area (Å²) in [5.74, 6) is -0.301. The molecule has 1 aliphatic rings. The summed E-state index contributed by atoms with van der Waals surface area (Å²) in [4.78, 5) is 12.2. The first-order valence-corrected chi connectivity index (χ1v) is 8.27. The Morgan fingerprint density at radius 1 is 1.33 bits per heavy atom. The molecule has 0 spiro atoms. The lowest BCUT2D eigenvalue weighted by Gasteiger charge is -2.13. The SMILES string of the molecule is CC(Sc1nncn1C1CC1)C(=O)Nc1ccc(C(F)(F)F)cc1. The van der Waals surface area contributed by atoms with E-state index in [1.54, 1.807) is 13.3 Å². The topological polar surface area (TPSA) is 59.8 Å². The number of benzene rings is 1. The summed E-state index contributed by atoms with van der Waals surface area (Å²) in [6, 6.07) is 4.77. The van der Waals surface area contributed by atoms with Crippen molar-refractivity contribution in [3.8, 4) is 0 Å². The van der Waals surface area contributed by atoms with Crippen LogP contribution in [0.15, 0.2) is 35.7 Å². The van der Waals surface area contributed by atoms with Crippen LogP contribution in [-0.4, -0.2) is 25.9 Å². The molecule has 1 amide bonds. The molecule has 128 valence electrons. The van der Waals surface area contributed by atoms with Crippen molar-refractivity contribution in [1.82, 2.24) is 14.8 Å². The Balaban J connectivity index is 1.60. The van der Waals surface area contributed by atoms with Crippen LogP contribution >= 0.6 is 11.8 Å². The maximum Gasteiger partial charge on any atom is 0.416 e. The Labute approximate surface area is 140 Å². The van der Waals surface area contributed by atoms with Crippen LogP contribution in [0.1, 0.15) is 31.4 Å². The number of alkyl halides is 3. The zero-order valence-electron chi connectivity index (χ0n) is 12.7. The molecule has 3 rings (SSSR count). The van der Waals surface area contributed by atoms with Crippen molar-refractivity contribution in [2.45, 2.75) is 42.4 Å². The number of carbonyl (C=O) groups is 1. The molecule has 0 bridgehead atoms. The van der Waals surface area contributed by atoms with E-state index < -0.39 is 17.0 Å². The van der Waals surface area contributed by atoms with E-state index in [4.69, 9.17) is 0 Å². The fraction of sp³-hybridized carbons (Fsp3) is 0.400. The van der Waals surface area contributed by atoms with E-state index in [9.17, 15) is 18.0 Å². The minimum absolute atomic E-state index is 0.301. The first-order chi connectivity index (χ1) is 11.3. The normalized spacial score (nSPS) is 16.0. The number of anilines is 1. The first kappa shape index (κ1) is 16.8. The van der Waals surface area contributed by atoms with Crippen LogP contribution in [0.5, 0.6) is 0 Å². The third-order valence-corrected chi connectivity index (χ3v) is 4.68. The minimum atomic E-state index is -4.39. The smallest absolute Gasteiger partial charge is 0.325 e. The predicted octanol–water partition coefficient (Wildman–Crippen LogP) is 3.75. The van der Waals surface area contributed by atoms with Gasteiger partial charge in [0.05, 0.1) is 10.8 Å². The van der Waals surface area contributed by atoms with E-state index in [1.807, 2.05) is 4.57 Å². The van der Waals surface area contributed by atoms with Crippen LogP contribution < -0.4 is 5.32 Å². The van der Waals surface area contributed by atoms with Gasteiger partial charge in [-0.15, -0.1) is 10.2 Å². The van der Waals surface area contributed by atoms with Gasteiger partial charge in [-0.2, -0.15) is 13.2 Å². The van der Waals surface area contributed by atoms with Gasteiger partial charge < -0.3 is 9.88 Å². The third-order valence-electron chi connectivity index (χ3n) is 3.61. The lowest BCUT2D eigenvalue weighted by molar-refractivity contribution is -0.137. The summed E-state index contributed by atoms with van der Waals surface area (Å²) < 4.78 is 39.5. The molecule has 1 atom stereocenters. The first-order valence-electron chi connectivity index (χ1n) is 7.39. The number of amides is 1. The Morgan fingerprint density at radius 2 is 2.00 bits per heavy atom. The molecule has 9 heteroatoms. The fourth-order valence-corrected chi connectivity index (χ4v) is 3.01. The van der Waals surface area contributed by atoms with Crippen molar-refractivity contribution < 1.29 is 18.0 Å². The highest BCUT2D eigenvalue weighted by molar-refractivity contribution is 8.00. The van der Waals surface area contributed by atoms with E-state index in [-0.39, 0.29) is 5.91 Å². The number of aromatic nitrogens is 3. The molecule has 0 radical (unpaired) electrons. The van der Waals surface area contributed by atoms with E-state index in [1.165, 1.54) is 23.9 Å². The van der Waals surface area contributed by atoms with E-state index in [0.717, 1.165) is 25.0 Å². The quantitative estimate of drug-likeness (QED) is 0.829. The molecular weight excluding hydrogens is 341 g/mol. The average molecular weight is 356 g/mol. The number of nitrogens with one attached hydrogen (secondary N) is 1. The van der Waals surface area contributed by atoms with E-state index in [0.29, 0.717) is 16.9 Å². The molecule has 1 heterocycles. The van der Waals surface area contributed by atoms with Gasteiger partial charge in [0.15, 0.2) is 5.16 Å². The largest absolute Gasteiger partial charge is 0.416 e. The van der Waals surface area contributed by atoms with Gasteiger partial charge in [-0.1, -0.05) is 11.8 Å². The molecule has 5 nitrogen and oxygen atoms in total. The van der Waals surface area contributed by atoms with Gasteiger partial charge in [0, 0.05) is 11.7 Å². The number of halogens is 3. The van der Waals surface area contributed by atoms with Crippen LogP contribution in [0, 0.1) is 0 Å². The molecular formula is C15H15F3N4OS. The van der Waals surface area contributed by atoms with Gasteiger partial charge in [0.1, 0.15) is 6.33 Å². The lowest BCUT2D eigenvalue weighted by atomic mass is 10.2. The van der Waals surface area contributed by atoms with Crippen molar-refractivity contribution in [3.05, 3.63) is 36.2 Å². The van der Waals surface area contributed by atoms with Crippen LogP contribution in [0.3, 0.4) is 0 Å². The Morgan fingerprint density at radius 3 is 2.58 bits per heavy atom. The van der Waals surface area contributed by atoms with E-state index in [2.05, 4.69) is 15.5 Å². The average Bonchev–Trinajstić information content (AvgIpc) is 3.27. The maximum atomic E-state index is 12.5. The van der Waals surface area contributed by atoms with Gasteiger partial charge in [-0.05, 0) is 44.0 Å². The molecule has 1 N–H and O–H groups in total. The van der Waals surface area contributed by atoms with Crippen LogP contribution in [0.25, 0.3) is 0 Å². The van der Waals surface area contributed by atoms with Crippen molar-refractivity contribution >= 4 is 23.4 Å². The van der Waals surface area contributed by atoms with Crippen molar-refractivity contribution in [3.63, 3.8) is 0 Å². The molecule has 24 heavy (non-hydrogen) atoms. The number of rotatable bonds is 5. The molecule has 2 aromatic rings. The fourth-order valence-electron chi connectivity index (χ4n) is 2.12. The third kappa shape index (κ3) is 3.89. The Hall–Kier alpha value is -2.03. The predicted molar refractivity (Wildman–Crippen MR) is 83.7 cm³/mol. The molecule has 1 saturated carbocycles. The second-order valence-electron chi connectivity index (χ2n) is 5.58. The number of carbonyl (C=O) groups excluding carboxylic acids is 1. The molecule has 0 aliphatic heterocycles. The number of thioether (sulfide) groups is 1. The van der Waals surface area contributed by atoms with Crippen molar-refractivity contribution in [1.29, 1.82) is 0 Å². The highest BCUT2D eigenvalue weighted by Gasteiger charge is 2.30. The zero-order chi connectivity index (χ0) is 17.3. The zero-order valence-corrected chi connectivity index (χ0v) is 13.6. The standard InChI is InChI=1S/C15H15F3N4OS/c1-9(24-14-21-19-8-22(14)12-6-7-12)13(23)20-11-4-2-10(3-5-11)15(16,17)18/h2-5,8-9,12H,6-7H2,1H3,(H,20,23). The van der Waals surface area contributed by atoms with Gasteiger partial charge >= 0.3 is 6.18 Å². The summed E-state index contributed by atoms with van der Waals surface area (Å²) >= 11 is 1.28. The lowest BCUT2D eigenvalue weighted by Crippen LogP contribution is -2.23. The second-order valence-corrected chi connectivity index (χ2v) is 6.88. The van der Waals surface area contributed by atoms with Gasteiger partial charge in [0.25, 0.3) is 0 Å². The molecule has 1 aromatic carbocycles. The molecule has 1 aliphatic carbocycles. The molecule has 1 fully saturated rings. The van der Waals surface area contributed by atoms with Gasteiger partial charge in [-0.25, -0.2) is 0 Å². The van der Waals surface area contributed by atoms with Crippen LogP contribution in [0.2, 0.25) is 0 Å². The molecule has 0 saturated heterocycles. The van der Waals surface area contributed by atoms with Crippen molar-refractivity contribution in [2.24, 2.45) is 0 Å². The number of hydrogen-bond acceptors (Lipinski definition) is 4. The summed E-state index contributed by atoms with van der Waals surface area (Å²) in [5.41, 5.74) is -0.426. The number of nitrogens with zero attached hydrogens (tertiary/aromatic N) is 3. The second kappa shape index (κ2) is 6.46. The van der Waals surface area contributed by atoms with Crippen LogP contribution in [0.4, 0.5) is 18.9 Å².